The molecule has 0 radical (unpaired) electrons. The van der Waals surface area contributed by atoms with Gasteiger partial charge in [0.25, 0.3) is 0 Å². The molecule has 98 valence electrons. The number of nitrogens with zero attached hydrogens (tertiary/aromatic N) is 4. The third kappa shape index (κ3) is 4.05. The summed E-state index contributed by atoms with van der Waals surface area (Å²) in [4.78, 5) is 0. The summed E-state index contributed by atoms with van der Waals surface area (Å²) >= 11 is 0. The van der Waals surface area contributed by atoms with Gasteiger partial charge >= 0.3 is 0 Å². The van der Waals surface area contributed by atoms with Crippen molar-refractivity contribution in [2.24, 2.45) is 0 Å². The van der Waals surface area contributed by atoms with Gasteiger partial charge in [0.15, 0.2) is 5.82 Å². The Hall–Kier alpha value is -1.01. The van der Waals surface area contributed by atoms with Crippen LogP contribution in [0.3, 0.4) is 0 Å². The van der Waals surface area contributed by atoms with Crippen LogP contribution in [-0.4, -0.2) is 39.5 Å². The van der Waals surface area contributed by atoms with Gasteiger partial charge in [0.1, 0.15) is 0 Å². The minimum atomic E-state index is -0.243. The fourth-order valence-electron chi connectivity index (χ4n) is 1.54. The molecule has 0 spiro atoms. The first-order valence-electron chi connectivity index (χ1n) is 5.78. The standard InChI is InChI=1S/C11H23N5O/c1-10(2,3)12-7-9-13-14-15-16(9)11(4,5)8-17-6/h12H,7-8H2,1-6H3. The van der Waals surface area contributed by atoms with Crippen molar-refractivity contribution in [3.8, 4) is 0 Å². The van der Waals surface area contributed by atoms with Crippen molar-refractivity contribution in [2.45, 2.75) is 52.2 Å². The van der Waals surface area contributed by atoms with Crippen molar-refractivity contribution >= 4 is 0 Å². The van der Waals surface area contributed by atoms with Crippen molar-refractivity contribution in [2.75, 3.05) is 13.7 Å². The fourth-order valence-corrected chi connectivity index (χ4v) is 1.54. The quantitative estimate of drug-likeness (QED) is 0.831. The zero-order valence-electron chi connectivity index (χ0n) is 11.6. The van der Waals surface area contributed by atoms with Gasteiger partial charge in [-0.2, -0.15) is 0 Å². The first-order valence-corrected chi connectivity index (χ1v) is 5.78. The average Bonchev–Trinajstić information content (AvgIpc) is 2.61. The summed E-state index contributed by atoms with van der Waals surface area (Å²) < 4.78 is 7.01. The van der Waals surface area contributed by atoms with Crippen LogP contribution in [0, 0.1) is 0 Å². The lowest BCUT2D eigenvalue weighted by Crippen LogP contribution is -2.39. The molecule has 0 fully saturated rings. The molecule has 0 unspecified atom stereocenters. The van der Waals surface area contributed by atoms with Gasteiger partial charge < -0.3 is 10.1 Å². The lowest BCUT2D eigenvalue weighted by molar-refractivity contribution is 0.0972. The Labute approximate surface area is 103 Å². The molecule has 1 aromatic rings. The monoisotopic (exact) mass is 241 g/mol. The van der Waals surface area contributed by atoms with E-state index in [0.717, 1.165) is 5.82 Å². The zero-order chi connectivity index (χ0) is 13.1. The number of tetrazole rings is 1. The molecule has 0 aliphatic heterocycles. The van der Waals surface area contributed by atoms with Crippen LogP contribution in [0.4, 0.5) is 0 Å². The summed E-state index contributed by atoms with van der Waals surface area (Å²) in [6, 6.07) is 0. The van der Waals surface area contributed by atoms with Crippen LogP contribution < -0.4 is 5.32 Å². The van der Waals surface area contributed by atoms with E-state index in [1.807, 2.05) is 18.5 Å². The van der Waals surface area contributed by atoms with Gasteiger partial charge in [-0.1, -0.05) is 0 Å². The number of nitrogens with one attached hydrogen (secondary N) is 1. The van der Waals surface area contributed by atoms with Crippen molar-refractivity contribution in [1.82, 2.24) is 25.5 Å². The summed E-state index contributed by atoms with van der Waals surface area (Å²) in [5.41, 5.74) is -0.199. The van der Waals surface area contributed by atoms with E-state index in [4.69, 9.17) is 4.74 Å². The molecule has 1 heterocycles. The van der Waals surface area contributed by atoms with E-state index in [2.05, 4.69) is 41.6 Å². The largest absolute Gasteiger partial charge is 0.382 e. The van der Waals surface area contributed by atoms with Gasteiger partial charge in [0, 0.05) is 12.6 Å². The zero-order valence-corrected chi connectivity index (χ0v) is 11.6. The Morgan fingerprint density at radius 3 is 2.41 bits per heavy atom. The van der Waals surface area contributed by atoms with Gasteiger partial charge in [-0.15, -0.1) is 5.10 Å². The van der Waals surface area contributed by atoms with Crippen LogP contribution >= 0.6 is 0 Å². The van der Waals surface area contributed by atoms with E-state index in [0.29, 0.717) is 13.2 Å². The van der Waals surface area contributed by atoms with Crippen LogP contribution in [0.1, 0.15) is 40.4 Å². The Kier molecular flexibility index (Phi) is 4.21. The van der Waals surface area contributed by atoms with Crippen molar-refractivity contribution in [1.29, 1.82) is 0 Å². The van der Waals surface area contributed by atoms with E-state index in [1.165, 1.54) is 0 Å². The second kappa shape index (κ2) is 5.10. The molecule has 17 heavy (non-hydrogen) atoms. The molecule has 1 aromatic heterocycles. The highest BCUT2D eigenvalue weighted by molar-refractivity contribution is 4.90. The molecule has 1 N–H and O–H groups in total. The minimum Gasteiger partial charge on any atom is -0.382 e. The Bertz CT molecular complexity index is 353. The number of aromatic nitrogens is 4. The second-order valence-electron chi connectivity index (χ2n) is 5.86. The van der Waals surface area contributed by atoms with E-state index >= 15 is 0 Å². The van der Waals surface area contributed by atoms with Crippen LogP contribution in [0.2, 0.25) is 0 Å². The molecule has 0 saturated heterocycles. The third-order valence-electron chi connectivity index (χ3n) is 2.38. The first-order chi connectivity index (χ1) is 7.76. The smallest absolute Gasteiger partial charge is 0.165 e. The predicted molar refractivity (Wildman–Crippen MR) is 65.6 cm³/mol. The van der Waals surface area contributed by atoms with Crippen LogP contribution in [0.5, 0.6) is 0 Å². The third-order valence-corrected chi connectivity index (χ3v) is 2.38. The van der Waals surface area contributed by atoms with Crippen molar-refractivity contribution in [3.63, 3.8) is 0 Å². The molecule has 6 heteroatoms. The molecule has 0 aromatic carbocycles. The predicted octanol–water partition coefficient (Wildman–Crippen LogP) is 0.943. The van der Waals surface area contributed by atoms with Gasteiger partial charge in [-0.25, -0.2) is 4.68 Å². The SMILES string of the molecule is COCC(C)(C)n1nnnc1CNC(C)(C)C. The number of rotatable bonds is 5. The van der Waals surface area contributed by atoms with E-state index < -0.39 is 0 Å². The van der Waals surface area contributed by atoms with Gasteiger partial charge in [0.05, 0.1) is 18.7 Å². The van der Waals surface area contributed by atoms with Gasteiger partial charge in [-0.05, 0) is 45.0 Å². The average molecular weight is 241 g/mol. The molecular weight excluding hydrogens is 218 g/mol. The molecule has 0 saturated carbocycles. The van der Waals surface area contributed by atoms with Crippen molar-refractivity contribution in [3.05, 3.63) is 5.82 Å². The maximum Gasteiger partial charge on any atom is 0.165 e. The Morgan fingerprint density at radius 2 is 1.88 bits per heavy atom. The highest BCUT2D eigenvalue weighted by Gasteiger charge is 2.25. The number of ether oxygens (including phenoxy) is 1. The topological polar surface area (TPSA) is 64.9 Å². The highest BCUT2D eigenvalue weighted by Crippen LogP contribution is 2.15. The normalized spacial score (nSPS) is 13.1. The number of methoxy groups -OCH3 is 1. The summed E-state index contributed by atoms with van der Waals surface area (Å²) in [5.74, 6) is 0.821. The maximum absolute atomic E-state index is 5.19. The van der Waals surface area contributed by atoms with E-state index in [-0.39, 0.29) is 11.1 Å². The van der Waals surface area contributed by atoms with Crippen LogP contribution in [0.15, 0.2) is 0 Å². The Balaban J connectivity index is 2.79. The van der Waals surface area contributed by atoms with Crippen LogP contribution in [-0.2, 0) is 16.8 Å². The van der Waals surface area contributed by atoms with Crippen molar-refractivity contribution < 1.29 is 4.74 Å². The summed E-state index contributed by atoms with van der Waals surface area (Å²) in [7, 11) is 1.68. The molecule has 0 amide bonds. The molecule has 0 aliphatic rings. The number of hydrogen-bond donors (Lipinski definition) is 1. The summed E-state index contributed by atoms with van der Waals surface area (Å²) in [6.45, 7) is 11.6. The van der Waals surface area contributed by atoms with E-state index in [1.54, 1.807) is 7.11 Å². The lowest BCUT2D eigenvalue weighted by atomic mass is 10.1. The number of hydrogen-bond acceptors (Lipinski definition) is 5. The lowest BCUT2D eigenvalue weighted by Gasteiger charge is -2.26. The highest BCUT2D eigenvalue weighted by atomic mass is 16.5. The first kappa shape index (κ1) is 14.1. The fraction of sp³-hybridized carbons (Fsp3) is 0.909. The summed E-state index contributed by atoms with van der Waals surface area (Å²) in [6.07, 6.45) is 0. The maximum atomic E-state index is 5.19. The molecule has 0 bridgehead atoms. The molecule has 0 aliphatic carbocycles. The second-order valence-corrected chi connectivity index (χ2v) is 5.86. The molecule has 0 atom stereocenters. The van der Waals surface area contributed by atoms with Crippen LogP contribution in [0.25, 0.3) is 0 Å². The molecular formula is C11H23N5O. The summed E-state index contributed by atoms with van der Waals surface area (Å²) in [5, 5.41) is 15.2. The van der Waals surface area contributed by atoms with Gasteiger partial charge in [-0.3, -0.25) is 0 Å². The van der Waals surface area contributed by atoms with Gasteiger partial charge in [0.2, 0.25) is 0 Å². The van der Waals surface area contributed by atoms with E-state index in [9.17, 15) is 0 Å². The molecule has 1 rings (SSSR count). The molecule has 6 nitrogen and oxygen atoms in total. The minimum absolute atomic E-state index is 0.0438. The Morgan fingerprint density at radius 1 is 1.24 bits per heavy atom.